The summed E-state index contributed by atoms with van der Waals surface area (Å²) in [6.45, 7) is 1.96. The van der Waals surface area contributed by atoms with Crippen molar-refractivity contribution in [3.63, 3.8) is 0 Å². The lowest BCUT2D eigenvalue weighted by Gasteiger charge is -2.19. The zero-order valence-electron chi connectivity index (χ0n) is 10.5. The van der Waals surface area contributed by atoms with Crippen molar-refractivity contribution in [3.05, 3.63) is 35.7 Å². The van der Waals surface area contributed by atoms with E-state index in [0.717, 1.165) is 37.3 Å². The quantitative estimate of drug-likeness (QED) is 0.888. The first-order chi connectivity index (χ1) is 9.36. The summed E-state index contributed by atoms with van der Waals surface area (Å²) in [7, 11) is 0. The number of nitrogens with one attached hydrogen (secondary N) is 1. The molecule has 1 aromatic carbocycles. The molecule has 3 rings (SSSR count). The van der Waals surface area contributed by atoms with Gasteiger partial charge in [-0.1, -0.05) is 11.2 Å². The minimum atomic E-state index is 0.324. The molecule has 5 nitrogen and oxygen atoms in total. The highest BCUT2D eigenvalue weighted by Crippen LogP contribution is 2.24. The summed E-state index contributed by atoms with van der Waals surface area (Å²) in [6, 6.07) is 9.32. The second-order valence-corrected chi connectivity index (χ2v) is 4.69. The minimum Gasteiger partial charge on any atom is -0.334 e. The van der Waals surface area contributed by atoms with Crippen LogP contribution in [0, 0.1) is 11.3 Å². The number of hydrogen-bond acceptors (Lipinski definition) is 5. The van der Waals surface area contributed by atoms with E-state index in [2.05, 4.69) is 21.5 Å². The van der Waals surface area contributed by atoms with Gasteiger partial charge in [-0.15, -0.1) is 0 Å². The summed E-state index contributed by atoms with van der Waals surface area (Å²) in [5.74, 6) is 1.56. The van der Waals surface area contributed by atoms with E-state index in [1.165, 1.54) is 0 Å². The number of aromatic nitrogens is 2. The second kappa shape index (κ2) is 5.21. The van der Waals surface area contributed by atoms with Crippen LogP contribution < -0.4 is 5.32 Å². The Morgan fingerprint density at radius 1 is 1.42 bits per heavy atom. The Balaban J connectivity index is 1.86. The first-order valence-electron chi connectivity index (χ1n) is 6.41. The van der Waals surface area contributed by atoms with Gasteiger partial charge < -0.3 is 9.84 Å². The van der Waals surface area contributed by atoms with Crippen molar-refractivity contribution in [2.24, 2.45) is 0 Å². The zero-order chi connectivity index (χ0) is 13.1. The third-order valence-electron chi connectivity index (χ3n) is 3.34. The highest BCUT2D eigenvalue weighted by atomic mass is 16.5. The Bertz CT molecular complexity index is 608. The van der Waals surface area contributed by atoms with Gasteiger partial charge in [0.25, 0.3) is 5.89 Å². The summed E-state index contributed by atoms with van der Waals surface area (Å²) < 4.78 is 5.31. The van der Waals surface area contributed by atoms with Crippen molar-refractivity contribution >= 4 is 0 Å². The van der Waals surface area contributed by atoms with Crippen LogP contribution in [0.1, 0.15) is 30.1 Å². The lowest BCUT2D eigenvalue weighted by Crippen LogP contribution is -2.28. The van der Waals surface area contributed by atoms with E-state index in [1.807, 2.05) is 12.1 Å². The number of hydrogen-bond donors (Lipinski definition) is 1. The van der Waals surface area contributed by atoms with Crippen LogP contribution in [0.25, 0.3) is 11.5 Å². The fourth-order valence-electron chi connectivity index (χ4n) is 2.31. The molecule has 2 heterocycles. The molecule has 1 saturated heterocycles. The predicted octanol–water partition coefficient (Wildman–Crippen LogP) is 2.08. The molecule has 0 saturated carbocycles. The molecule has 1 fully saturated rings. The summed E-state index contributed by atoms with van der Waals surface area (Å²) in [5, 5.41) is 16.3. The molecule has 1 aliphatic rings. The van der Waals surface area contributed by atoms with Gasteiger partial charge in [0.2, 0.25) is 0 Å². The molecule has 1 atom stereocenters. The third-order valence-corrected chi connectivity index (χ3v) is 3.34. The Hall–Kier alpha value is -2.19. The van der Waals surface area contributed by atoms with E-state index < -0.39 is 0 Å². The smallest absolute Gasteiger partial charge is 0.257 e. The number of piperidine rings is 1. The van der Waals surface area contributed by atoms with Gasteiger partial charge in [-0.3, -0.25) is 0 Å². The average Bonchev–Trinajstić information content (AvgIpc) is 2.98. The van der Waals surface area contributed by atoms with Crippen LogP contribution in [0.5, 0.6) is 0 Å². The van der Waals surface area contributed by atoms with Crippen molar-refractivity contribution in [1.29, 1.82) is 5.26 Å². The van der Waals surface area contributed by atoms with Crippen molar-refractivity contribution in [2.75, 3.05) is 13.1 Å². The lowest BCUT2D eigenvalue weighted by molar-refractivity contribution is 0.393. The van der Waals surface area contributed by atoms with Gasteiger partial charge in [-0.2, -0.15) is 10.2 Å². The lowest BCUT2D eigenvalue weighted by atomic mass is 9.99. The molecule has 96 valence electrons. The van der Waals surface area contributed by atoms with Gasteiger partial charge in [0, 0.05) is 18.0 Å². The molecule has 0 radical (unpaired) electrons. The molecule has 19 heavy (non-hydrogen) atoms. The van der Waals surface area contributed by atoms with E-state index in [0.29, 0.717) is 17.4 Å². The molecule has 1 aromatic heterocycles. The molecule has 5 heteroatoms. The standard InChI is InChI=1S/C14H14N4O/c15-8-10-3-1-4-11(7-10)14-17-13(18-19-14)12-5-2-6-16-9-12/h1,3-4,7,12,16H,2,5-6,9H2. The van der Waals surface area contributed by atoms with Gasteiger partial charge >= 0.3 is 0 Å². The van der Waals surface area contributed by atoms with Crippen molar-refractivity contribution in [2.45, 2.75) is 18.8 Å². The number of benzene rings is 1. The Morgan fingerprint density at radius 2 is 2.37 bits per heavy atom. The first-order valence-corrected chi connectivity index (χ1v) is 6.41. The summed E-state index contributed by atoms with van der Waals surface area (Å²) in [6.07, 6.45) is 2.22. The molecule has 0 bridgehead atoms. The SMILES string of the molecule is N#Cc1cccc(-c2nc(C3CCCNC3)no2)c1. The normalized spacial score (nSPS) is 19.0. The zero-order valence-corrected chi connectivity index (χ0v) is 10.5. The molecule has 1 N–H and O–H groups in total. The maximum atomic E-state index is 8.89. The predicted molar refractivity (Wildman–Crippen MR) is 69.3 cm³/mol. The number of rotatable bonds is 2. The maximum Gasteiger partial charge on any atom is 0.257 e. The molecular formula is C14H14N4O. The van der Waals surface area contributed by atoms with Crippen molar-refractivity contribution in [3.8, 4) is 17.5 Å². The number of nitriles is 1. The summed E-state index contributed by atoms with van der Waals surface area (Å²) in [4.78, 5) is 4.45. The molecule has 0 spiro atoms. The Labute approximate surface area is 111 Å². The fourth-order valence-corrected chi connectivity index (χ4v) is 2.31. The van der Waals surface area contributed by atoms with Gasteiger partial charge in [-0.05, 0) is 37.6 Å². The molecule has 0 aliphatic carbocycles. The number of nitrogens with zero attached hydrogens (tertiary/aromatic N) is 3. The highest BCUT2D eigenvalue weighted by molar-refractivity contribution is 5.56. The van der Waals surface area contributed by atoms with Crippen LogP contribution in [0.15, 0.2) is 28.8 Å². The van der Waals surface area contributed by atoms with Crippen LogP contribution in [0.2, 0.25) is 0 Å². The molecule has 2 aromatic rings. The van der Waals surface area contributed by atoms with Crippen LogP contribution in [0.4, 0.5) is 0 Å². The molecule has 0 amide bonds. The largest absolute Gasteiger partial charge is 0.334 e. The monoisotopic (exact) mass is 254 g/mol. The van der Waals surface area contributed by atoms with Crippen LogP contribution in [0.3, 0.4) is 0 Å². The third kappa shape index (κ3) is 2.49. The van der Waals surface area contributed by atoms with Crippen LogP contribution in [-0.4, -0.2) is 23.2 Å². The van der Waals surface area contributed by atoms with Crippen molar-refractivity contribution < 1.29 is 4.52 Å². The molecule has 1 aliphatic heterocycles. The van der Waals surface area contributed by atoms with Gasteiger partial charge in [0.05, 0.1) is 11.6 Å². The molecular weight excluding hydrogens is 240 g/mol. The van der Waals surface area contributed by atoms with Crippen molar-refractivity contribution in [1.82, 2.24) is 15.5 Å². The van der Waals surface area contributed by atoms with E-state index in [9.17, 15) is 0 Å². The fraction of sp³-hybridized carbons (Fsp3) is 0.357. The minimum absolute atomic E-state index is 0.324. The summed E-state index contributed by atoms with van der Waals surface area (Å²) >= 11 is 0. The second-order valence-electron chi connectivity index (χ2n) is 4.69. The van der Waals surface area contributed by atoms with Gasteiger partial charge in [0.15, 0.2) is 5.82 Å². The van der Waals surface area contributed by atoms with E-state index in [-0.39, 0.29) is 0 Å². The van der Waals surface area contributed by atoms with E-state index in [1.54, 1.807) is 12.1 Å². The van der Waals surface area contributed by atoms with Gasteiger partial charge in [-0.25, -0.2) is 0 Å². The maximum absolute atomic E-state index is 8.89. The first kappa shape index (κ1) is 11.9. The Morgan fingerprint density at radius 3 is 3.16 bits per heavy atom. The molecule has 1 unspecified atom stereocenters. The van der Waals surface area contributed by atoms with Gasteiger partial charge in [0.1, 0.15) is 0 Å². The van der Waals surface area contributed by atoms with Crippen LogP contribution in [-0.2, 0) is 0 Å². The van der Waals surface area contributed by atoms with Crippen LogP contribution >= 0.6 is 0 Å². The topological polar surface area (TPSA) is 74.7 Å². The highest BCUT2D eigenvalue weighted by Gasteiger charge is 2.21. The average molecular weight is 254 g/mol. The van der Waals surface area contributed by atoms with E-state index >= 15 is 0 Å². The Kier molecular flexibility index (Phi) is 3.25. The summed E-state index contributed by atoms with van der Waals surface area (Å²) in [5.41, 5.74) is 1.39. The van der Waals surface area contributed by atoms with E-state index in [4.69, 9.17) is 9.78 Å².